The van der Waals surface area contributed by atoms with Gasteiger partial charge >= 0.3 is 0 Å². The number of fused-ring (bicyclic) bond motifs is 2. The molecule has 1 aromatic rings. The van der Waals surface area contributed by atoms with Crippen molar-refractivity contribution in [2.24, 2.45) is 17.8 Å². The Hall–Kier alpha value is -2.06. The standard InChI is InChI=1S/C32H44O6S/c1-4-17-36-23-13-14-28-26(20-23)30-24(12-8-10-16-34)22(11-7-9-15-33)19-25-27(35)21-29(39-6-3)32(38-28,31(25)30)37-18-5-2/h4-5,13-14,19-20,22,24,29-31,33-34H,1-2,6-12,15-18,21H2,3H3. The lowest BCUT2D eigenvalue weighted by atomic mass is 9.56. The molecule has 2 aliphatic carbocycles. The zero-order valence-electron chi connectivity index (χ0n) is 23.2. The van der Waals surface area contributed by atoms with E-state index in [-0.39, 0.29) is 47.9 Å². The van der Waals surface area contributed by atoms with Crippen LogP contribution in [0.25, 0.3) is 0 Å². The molecular weight excluding hydrogens is 512 g/mol. The lowest BCUT2D eigenvalue weighted by Gasteiger charge is -2.58. The van der Waals surface area contributed by atoms with Crippen molar-refractivity contribution in [3.05, 3.63) is 60.7 Å². The van der Waals surface area contributed by atoms with Crippen molar-refractivity contribution < 1.29 is 29.2 Å². The van der Waals surface area contributed by atoms with E-state index in [1.807, 2.05) is 12.1 Å². The number of aliphatic hydroxyl groups excluding tert-OH is 2. The van der Waals surface area contributed by atoms with Gasteiger partial charge in [-0.15, -0.1) is 6.58 Å². The molecule has 1 saturated carbocycles. The highest BCUT2D eigenvalue weighted by Crippen LogP contribution is 2.62. The zero-order chi connectivity index (χ0) is 27.8. The summed E-state index contributed by atoms with van der Waals surface area (Å²) in [6.45, 7) is 10.9. The molecule has 1 fully saturated rings. The van der Waals surface area contributed by atoms with Crippen LogP contribution in [0.15, 0.2) is 55.2 Å². The summed E-state index contributed by atoms with van der Waals surface area (Å²) in [6, 6.07) is 5.99. The lowest BCUT2D eigenvalue weighted by Crippen LogP contribution is -2.64. The Balaban J connectivity index is 1.90. The van der Waals surface area contributed by atoms with Gasteiger partial charge in [0, 0.05) is 36.7 Å². The fourth-order valence-corrected chi connectivity index (χ4v) is 7.98. The number of allylic oxidation sites excluding steroid dienone is 1. The molecule has 2 N–H and O–H groups in total. The fraction of sp³-hybridized carbons (Fsp3) is 0.594. The Morgan fingerprint density at radius 2 is 1.85 bits per heavy atom. The number of carbonyl (C=O) groups is 1. The van der Waals surface area contributed by atoms with E-state index in [0.717, 1.165) is 66.9 Å². The van der Waals surface area contributed by atoms with Gasteiger partial charge in [0.05, 0.1) is 17.8 Å². The van der Waals surface area contributed by atoms with Crippen molar-refractivity contribution in [1.82, 2.24) is 0 Å². The average Bonchev–Trinajstić information content (AvgIpc) is 2.94. The van der Waals surface area contributed by atoms with Gasteiger partial charge in [0.2, 0.25) is 5.79 Å². The molecule has 0 aromatic heterocycles. The molecule has 6 nitrogen and oxygen atoms in total. The van der Waals surface area contributed by atoms with Crippen LogP contribution >= 0.6 is 11.8 Å². The summed E-state index contributed by atoms with van der Waals surface area (Å²) >= 11 is 1.73. The van der Waals surface area contributed by atoms with E-state index in [1.165, 1.54) is 0 Å². The molecule has 4 rings (SSSR count). The Morgan fingerprint density at radius 3 is 2.54 bits per heavy atom. The molecular formula is C32H44O6S. The molecule has 0 bridgehead atoms. The fourth-order valence-electron chi connectivity index (χ4n) is 6.82. The summed E-state index contributed by atoms with van der Waals surface area (Å²) in [4.78, 5) is 13.8. The third-order valence-corrected chi connectivity index (χ3v) is 9.57. The normalized spacial score (nSPS) is 29.1. The lowest BCUT2D eigenvalue weighted by molar-refractivity contribution is -0.227. The predicted octanol–water partition coefficient (Wildman–Crippen LogP) is 5.83. The number of carbonyl (C=O) groups excluding carboxylic acids is 1. The SMILES string of the molecule is C=CCOc1ccc2c(c1)C1C(CCCCO)C(CCCCO)C=C3C(=O)CC(SCC)C(OCC=C)(O2)C31. The topological polar surface area (TPSA) is 85.2 Å². The van der Waals surface area contributed by atoms with E-state index in [4.69, 9.17) is 14.2 Å². The molecule has 6 unspecified atom stereocenters. The van der Waals surface area contributed by atoms with Crippen molar-refractivity contribution in [2.45, 2.75) is 68.8 Å². The maximum Gasteiger partial charge on any atom is 0.230 e. The van der Waals surface area contributed by atoms with E-state index in [9.17, 15) is 15.0 Å². The summed E-state index contributed by atoms with van der Waals surface area (Å²) in [5.41, 5.74) is 1.88. The third kappa shape index (κ3) is 6.17. The first kappa shape index (κ1) is 29.9. The minimum absolute atomic E-state index is 0.00660. The van der Waals surface area contributed by atoms with Crippen LogP contribution in [0.3, 0.4) is 0 Å². The van der Waals surface area contributed by atoms with Gasteiger partial charge in [-0.1, -0.05) is 44.6 Å². The molecule has 6 atom stereocenters. The number of benzene rings is 1. The van der Waals surface area contributed by atoms with Crippen LogP contribution in [0.5, 0.6) is 11.5 Å². The van der Waals surface area contributed by atoms with E-state index < -0.39 is 5.79 Å². The van der Waals surface area contributed by atoms with E-state index in [0.29, 0.717) is 19.6 Å². The van der Waals surface area contributed by atoms with Crippen molar-refractivity contribution in [1.29, 1.82) is 0 Å². The second kappa shape index (κ2) is 14.0. The average molecular weight is 557 g/mol. The molecule has 1 aliphatic heterocycles. The first-order chi connectivity index (χ1) is 19.0. The highest BCUT2D eigenvalue weighted by atomic mass is 32.2. The van der Waals surface area contributed by atoms with Gasteiger partial charge < -0.3 is 24.4 Å². The summed E-state index contributed by atoms with van der Waals surface area (Å²) in [5.74, 6) is 1.73. The Morgan fingerprint density at radius 1 is 1.10 bits per heavy atom. The second-order valence-corrected chi connectivity index (χ2v) is 12.2. The number of Topliss-reactive ketones (excluding diaryl/α,β-unsaturated/α-hetero) is 1. The number of ketones is 1. The Labute approximate surface area is 237 Å². The van der Waals surface area contributed by atoms with E-state index >= 15 is 0 Å². The monoisotopic (exact) mass is 556 g/mol. The highest BCUT2D eigenvalue weighted by molar-refractivity contribution is 8.00. The molecule has 39 heavy (non-hydrogen) atoms. The summed E-state index contributed by atoms with van der Waals surface area (Å²) in [6.07, 6.45) is 11.2. The van der Waals surface area contributed by atoms with Crippen molar-refractivity contribution in [2.75, 3.05) is 32.2 Å². The number of rotatable bonds is 16. The van der Waals surface area contributed by atoms with Gasteiger partial charge in [0.1, 0.15) is 18.1 Å². The molecule has 0 saturated heterocycles. The first-order valence-corrected chi connectivity index (χ1v) is 15.5. The molecule has 0 spiro atoms. The van der Waals surface area contributed by atoms with E-state index in [1.54, 1.807) is 23.9 Å². The molecule has 214 valence electrons. The first-order valence-electron chi connectivity index (χ1n) is 14.4. The molecule has 7 heteroatoms. The molecule has 0 amide bonds. The van der Waals surface area contributed by atoms with Crippen LogP contribution < -0.4 is 9.47 Å². The zero-order valence-corrected chi connectivity index (χ0v) is 24.0. The minimum Gasteiger partial charge on any atom is -0.490 e. The number of aliphatic hydroxyl groups is 2. The van der Waals surface area contributed by atoms with Crippen LogP contribution in [0.4, 0.5) is 0 Å². The Kier molecular flexibility index (Phi) is 10.8. The number of hydrogen-bond acceptors (Lipinski definition) is 7. The number of hydrogen-bond donors (Lipinski definition) is 2. The molecule has 1 heterocycles. The molecule has 3 aliphatic rings. The maximum atomic E-state index is 13.8. The number of unbranched alkanes of at least 4 members (excludes halogenated alkanes) is 2. The van der Waals surface area contributed by atoms with Crippen molar-refractivity contribution >= 4 is 17.5 Å². The largest absolute Gasteiger partial charge is 0.490 e. The van der Waals surface area contributed by atoms with Gasteiger partial charge in [-0.2, -0.15) is 11.8 Å². The van der Waals surface area contributed by atoms with Crippen LogP contribution in [0.2, 0.25) is 0 Å². The smallest absolute Gasteiger partial charge is 0.230 e. The quantitative estimate of drug-likeness (QED) is 0.196. The number of thioether (sulfide) groups is 1. The van der Waals surface area contributed by atoms with Gasteiger partial charge in [-0.05, 0) is 61.5 Å². The van der Waals surface area contributed by atoms with Crippen LogP contribution in [-0.2, 0) is 9.53 Å². The maximum absolute atomic E-state index is 13.8. The summed E-state index contributed by atoms with van der Waals surface area (Å²) in [5, 5.41) is 18.9. The van der Waals surface area contributed by atoms with Gasteiger partial charge in [0.25, 0.3) is 0 Å². The van der Waals surface area contributed by atoms with Crippen LogP contribution in [-0.4, -0.2) is 59.2 Å². The van der Waals surface area contributed by atoms with Crippen LogP contribution in [0, 0.1) is 17.8 Å². The van der Waals surface area contributed by atoms with Gasteiger partial charge in [-0.3, -0.25) is 4.79 Å². The summed E-state index contributed by atoms with van der Waals surface area (Å²) < 4.78 is 19.5. The minimum atomic E-state index is -0.985. The molecule has 1 aromatic carbocycles. The van der Waals surface area contributed by atoms with E-state index in [2.05, 4.69) is 32.2 Å². The van der Waals surface area contributed by atoms with Gasteiger partial charge in [-0.25, -0.2) is 0 Å². The third-order valence-electron chi connectivity index (χ3n) is 8.34. The van der Waals surface area contributed by atoms with Crippen molar-refractivity contribution in [3.8, 4) is 11.5 Å². The number of ether oxygens (including phenoxy) is 3. The second-order valence-electron chi connectivity index (χ2n) is 10.7. The van der Waals surface area contributed by atoms with Gasteiger partial charge in [0.15, 0.2) is 5.78 Å². The molecule has 0 radical (unpaired) electrons. The van der Waals surface area contributed by atoms with Crippen molar-refractivity contribution in [3.63, 3.8) is 0 Å². The highest BCUT2D eigenvalue weighted by Gasteiger charge is 2.64. The van der Waals surface area contributed by atoms with Crippen LogP contribution in [0.1, 0.15) is 63.4 Å². The Bertz CT molecular complexity index is 1040. The predicted molar refractivity (Wildman–Crippen MR) is 156 cm³/mol. The summed E-state index contributed by atoms with van der Waals surface area (Å²) in [7, 11) is 0.